The molecule has 21 heavy (non-hydrogen) atoms. The molecule has 0 unspecified atom stereocenters. The van der Waals surface area contributed by atoms with E-state index >= 15 is 0 Å². The minimum Gasteiger partial charge on any atom is -0.396 e. The third-order valence-electron chi connectivity index (χ3n) is 4.43. The Labute approximate surface area is 136 Å². The van der Waals surface area contributed by atoms with E-state index in [1.54, 1.807) is 23.1 Å². The highest BCUT2D eigenvalue weighted by Gasteiger charge is 2.27. The highest BCUT2D eigenvalue weighted by Crippen LogP contribution is 2.45. The molecule has 5 heteroatoms. The van der Waals surface area contributed by atoms with Crippen LogP contribution in [0.2, 0.25) is 0 Å². The van der Waals surface area contributed by atoms with Crippen LogP contribution in [-0.4, -0.2) is 25.1 Å². The maximum Gasteiger partial charge on any atom is 0.174 e. The Morgan fingerprint density at radius 2 is 2.05 bits per heavy atom. The van der Waals surface area contributed by atoms with Crippen LogP contribution in [0.25, 0.3) is 0 Å². The number of thioether (sulfide) groups is 1. The van der Waals surface area contributed by atoms with Crippen molar-refractivity contribution in [3.8, 4) is 0 Å². The molecule has 118 valence electrons. The summed E-state index contributed by atoms with van der Waals surface area (Å²) in [5, 5.41) is 1.21. The van der Waals surface area contributed by atoms with Crippen molar-refractivity contribution in [3.63, 3.8) is 0 Å². The number of ketones is 1. The van der Waals surface area contributed by atoms with Gasteiger partial charge in [0.2, 0.25) is 0 Å². The summed E-state index contributed by atoms with van der Waals surface area (Å²) in [7, 11) is 0. The molecule has 2 N–H and O–H groups in total. The van der Waals surface area contributed by atoms with Gasteiger partial charge in [-0.2, -0.15) is 0 Å². The van der Waals surface area contributed by atoms with Crippen molar-refractivity contribution < 1.29 is 4.79 Å². The summed E-state index contributed by atoms with van der Waals surface area (Å²) in [4.78, 5) is 16.3. The monoisotopic (exact) mass is 326 g/mol. The molecule has 0 atom stereocenters. The lowest BCUT2D eigenvalue weighted by Crippen LogP contribution is -2.35. The molecule has 0 bridgehead atoms. The zero-order valence-electron chi connectivity index (χ0n) is 13.4. The number of nitrogens with zero attached hydrogens (tertiary/aromatic N) is 1. The summed E-state index contributed by atoms with van der Waals surface area (Å²) in [6.45, 7) is 8.68. The third kappa shape index (κ3) is 3.39. The Morgan fingerprint density at radius 1 is 1.43 bits per heavy atom. The van der Waals surface area contributed by atoms with E-state index in [0.29, 0.717) is 12.1 Å². The number of hydrogen-bond donors (Lipinski definition) is 1. The van der Waals surface area contributed by atoms with E-state index < -0.39 is 0 Å². The Balaban J connectivity index is 2.22. The van der Waals surface area contributed by atoms with Crippen molar-refractivity contribution in [2.24, 2.45) is 11.8 Å². The fraction of sp³-hybridized carbons (Fsp3) is 0.688. The second-order valence-corrected chi connectivity index (χ2v) is 7.84. The van der Waals surface area contributed by atoms with Gasteiger partial charge in [0.1, 0.15) is 5.00 Å². The summed E-state index contributed by atoms with van der Waals surface area (Å²) in [6.07, 6.45) is 5.04. The van der Waals surface area contributed by atoms with E-state index in [2.05, 4.69) is 18.7 Å². The largest absolute Gasteiger partial charge is 0.396 e. The molecule has 0 aliphatic carbocycles. The fourth-order valence-electron chi connectivity index (χ4n) is 2.96. The fourth-order valence-corrected chi connectivity index (χ4v) is 5.20. The van der Waals surface area contributed by atoms with Crippen molar-refractivity contribution in [1.82, 2.24) is 0 Å². The van der Waals surface area contributed by atoms with E-state index in [4.69, 9.17) is 5.73 Å². The van der Waals surface area contributed by atoms with E-state index in [-0.39, 0.29) is 5.78 Å². The number of carbonyl (C=O) groups excluding carboxylic acids is 1. The van der Waals surface area contributed by atoms with Crippen LogP contribution in [0.3, 0.4) is 0 Å². The molecule has 1 aromatic rings. The predicted molar refractivity (Wildman–Crippen MR) is 94.9 cm³/mol. The van der Waals surface area contributed by atoms with Gasteiger partial charge in [-0.25, -0.2) is 0 Å². The van der Waals surface area contributed by atoms with Crippen LogP contribution < -0.4 is 10.6 Å². The zero-order chi connectivity index (χ0) is 15.6. The predicted octanol–water partition coefficient (Wildman–Crippen LogP) is 4.52. The lowest BCUT2D eigenvalue weighted by atomic mass is 9.87. The summed E-state index contributed by atoms with van der Waals surface area (Å²) >= 11 is 3.25. The standard InChI is InChI=1S/C16H26N2OS2/c1-5-12(19)14-13(17)15(20-4)16(21-14)18-8-6-11(7-9-18)10(2)3/h10-11H,5-9,17H2,1-4H3. The van der Waals surface area contributed by atoms with Gasteiger partial charge in [-0.1, -0.05) is 20.8 Å². The lowest BCUT2D eigenvalue weighted by molar-refractivity contribution is 0.0992. The molecule has 0 aromatic carbocycles. The van der Waals surface area contributed by atoms with Crippen molar-refractivity contribution >= 4 is 39.6 Å². The van der Waals surface area contributed by atoms with Gasteiger partial charge in [0.25, 0.3) is 0 Å². The third-order valence-corrected chi connectivity index (χ3v) is 6.69. The van der Waals surface area contributed by atoms with Gasteiger partial charge in [0.15, 0.2) is 5.78 Å². The average Bonchev–Trinajstić information content (AvgIpc) is 2.83. The van der Waals surface area contributed by atoms with Crippen molar-refractivity contribution in [1.29, 1.82) is 0 Å². The number of hydrogen-bond acceptors (Lipinski definition) is 5. The molecule has 0 radical (unpaired) electrons. The molecule has 0 amide bonds. The van der Waals surface area contributed by atoms with E-state index in [1.165, 1.54) is 17.8 Å². The number of rotatable bonds is 5. The number of carbonyl (C=O) groups is 1. The highest BCUT2D eigenvalue weighted by atomic mass is 32.2. The molecule has 2 heterocycles. The lowest BCUT2D eigenvalue weighted by Gasteiger charge is -2.35. The summed E-state index contributed by atoms with van der Waals surface area (Å²) in [5.74, 6) is 1.75. The molecular weight excluding hydrogens is 300 g/mol. The van der Waals surface area contributed by atoms with Gasteiger partial charge in [0, 0.05) is 19.5 Å². The number of nitrogen functional groups attached to an aromatic ring is 1. The van der Waals surface area contributed by atoms with Crippen LogP contribution in [0.5, 0.6) is 0 Å². The van der Waals surface area contributed by atoms with Gasteiger partial charge < -0.3 is 10.6 Å². The summed E-state index contributed by atoms with van der Waals surface area (Å²) < 4.78 is 0. The Kier molecular flexibility index (Phi) is 5.60. The average molecular weight is 327 g/mol. The number of nitrogens with two attached hydrogens (primary N) is 1. The minimum absolute atomic E-state index is 0.163. The van der Waals surface area contributed by atoms with Gasteiger partial charge >= 0.3 is 0 Å². The molecule has 1 aromatic heterocycles. The first kappa shape index (κ1) is 16.7. The van der Waals surface area contributed by atoms with Gasteiger partial charge in [0.05, 0.1) is 15.5 Å². The summed E-state index contributed by atoms with van der Waals surface area (Å²) in [6, 6.07) is 0. The molecular formula is C16H26N2OS2. The topological polar surface area (TPSA) is 46.3 Å². The Bertz CT molecular complexity index is 503. The molecule has 1 fully saturated rings. The number of anilines is 2. The second-order valence-electron chi connectivity index (χ2n) is 6.03. The molecule has 0 spiro atoms. The number of piperidine rings is 1. The van der Waals surface area contributed by atoms with Crippen LogP contribution >= 0.6 is 23.1 Å². The quantitative estimate of drug-likeness (QED) is 0.638. The van der Waals surface area contributed by atoms with Gasteiger partial charge in [-0.3, -0.25) is 4.79 Å². The normalized spacial score (nSPS) is 16.7. The van der Waals surface area contributed by atoms with Crippen molar-refractivity contribution in [2.75, 3.05) is 30.0 Å². The molecule has 3 nitrogen and oxygen atoms in total. The van der Waals surface area contributed by atoms with Crippen LogP contribution in [0.4, 0.5) is 10.7 Å². The van der Waals surface area contributed by atoms with E-state index in [0.717, 1.165) is 34.7 Å². The second kappa shape index (κ2) is 7.05. The van der Waals surface area contributed by atoms with E-state index in [9.17, 15) is 4.79 Å². The molecule has 2 rings (SSSR count). The first-order valence-electron chi connectivity index (χ1n) is 7.73. The molecule has 1 saturated heterocycles. The van der Waals surface area contributed by atoms with Crippen LogP contribution in [0, 0.1) is 11.8 Å². The van der Waals surface area contributed by atoms with Crippen LogP contribution in [0.1, 0.15) is 49.7 Å². The number of thiophene rings is 1. The van der Waals surface area contributed by atoms with Gasteiger partial charge in [-0.05, 0) is 30.9 Å². The molecule has 0 saturated carbocycles. The molecule has 1 aliphatic heterocycles. The van der Waals surface area contributed by atoms with Crippen LogP contribution in [-0.2, 0) is 0 Å². The summed E-state index contributed by atoms with van der Waals surface area (Å²) in [5.41, 5.74) is 6.91. The zero-order valence-corrected chi connectivity index (χ0v) is 15.1. The van der Waals surface area contributed by atoms with Gasteiger partial charge in [-0.15, -0.1) is 23.1 Å². The highest BCUT2D eigenvalue weighted by molar-refractivity contribution is 7.99. The van der Waals surface area contributed by atoms with Crippen molar-refractivity contribution in [3.05, 3.63) is 4.88 Å². The SMILES string of the molecule is CCC(=O)c1sc(N2CCC(C(C)C)CC2)c(SC)c1N. The smallest absolute Gasteiger partial charge is 0.174 e. The molecule has 1 aliphatic rings. The van der Waals surface area contributed by atoms with Crippen molar-refractivity contribution in [2.45, 2.75) is 44.9 Å². The van der Waals surface area contributed by atoms with Crippen LogP contribution in [0.15, 0.2) is 4.90 Å². The first-order valence-corrected chi connectivity index (χ1v) is 9.78. The minimum atomic E-state index is 0.163. The van der Waals surface area contributed by atoms with E-state index in [1.807, 2.05) is 13.2 Å². The maximum atomic E-state index is 12.0. The maximum absolute atomic E-state index is 12.0. The Morgan fingerprint density at radius 3 is 2.52 bits per heavy atom. The number of Topliss-reactive ketones (excluding diaryl/α,β-unsaturated/α-hetero) is 1. The Hall–Kier alpha value is -0.680. The first-order chi connectivity index (χ1) is 9.99.